The highest BCUT2D eigenvalue weighted by Crippen LogP contribution is 2.02. The quantitative estimate of drug-likeness (QED) is 0.775. The first-order chi connectivity index (χ1) is 6.43. The number of benzene rings is 1. The second-order valence-electron chi connectivity index (χ2n) is 2.73. The minimum atomic E-state index is -3.17. The van der Waals surface area contributed by atoms with Gasteiger partial charge in [0.05, 0.1) is 6.26 Å². The Hall–Kier alpha value is -1.07. The van der Waals surface area contributed by atoms with Gasteiger partial charge >= 0.3 is 0 Å². The lowest BCUT2D eigenvalue weighted by Crippen LogP contribution is -2.07. The molecule has 1 rings (SSSR count). The molecule has 0 fully saturated rings. The Balaban J connectivity index is 0.000000292. The Labute approximate surface area is 85.2 Å². The third kappa shape index (κ3) is 10.9. The molecule has 0 heterocycles. The van der Waals surface area contributed by atoms with Gasteiger partial charge in [-0.25, -0.2) is 13.6 Å². The van der Waals surface area contributed by atoms with E-state index in [2.05, 4.69) is 29.5 Å². The number of hydrogen-bond acceptors (Lipinski definition) is 3. The van der Waals surface area contributed by atoms with Gasteiger partial charge in [0.15, 0.2) is 0 Å². The number of nitrogens with two attached hydrogens (primary N) is 1. The number of rotatable bonds is 2. The second-order valence-corrected chi connectivity index (χ2v) is 4.38. The van der Waals surface area contributed by atoms with Crippen molar-refractivity contribution in [3.63, 3.8) is 0 Å². The van der Waals surface area contributed by atoms with Crippen LogP contribution in [-0.2, 0) is 10.0 Å². The molecule has 5 heteroatoms. The van der Waals surface area contributed by atoms with E-state index < -0.39 is 10.0 Å². The Morgan fingerprint density at radius 2 is 1.71 bits per heavy atom. The third-order valence-corrected chi connectivity index (χ3v) is 1.15. The summed E-state index contributed by atoms with van der Waals surface area (Å²) in [4.78, 5) is 0. The van der Waals surface area contributed by atoms with Gasteiger partial charge in [-0.15, -0.1) is 0 Å². The molecule has 0 aliphatic heterocycles. The minimum Gasteiger partial charge on any atom is -0.385 e. The van der Waals surface area contributed by atoms with E-state index in [0.717, 1.165) is 12.8 Å². The molecule has 0 bridgehead atoms. The zero-order valence-corrected chi connectivity index (χ0v) is 9.21. The predicted octanol–water partition coefficient (Wildman–Crippen LogP) is 1.02. The number of primary sulfonamides is 1. The summed E-state index contributed by atoms with van der Waals surface area (Å²) in [6.07, 6.45) is 0.938. The molecule has 0 aliphatic rings. The Bertz CT molecular complexity index is 327. The van der Waals surface area contributed by atoms with Crippen LogP contribution in [0, 0.1) is 0 Å². The largest absolute Gasteiger partial charge is 0.385 e. The molecule has 3 N–H and O–H groups in total. The van der Waals surface area contributed by atoms with Gasteiger partial charge in [-0.2, -0.15) is 0 Å². The van der Waals surface area contributed by atoms with Crippen molar-refractivity contribution in [2.75, 3.05) is 18.1 Å². The SMILES string of the molecule is CCNc1ccccc1.CS(N)(=O)=O. The van der Waals surface area contributed by atoms with Crippen LogP contribution in [0.1, 0.15) is 6.92 Å². The summed E-state index contributed by atoms with van der Waals surface area (Å²) in [5.41, 5.74) is 1.19. The molecule has 14 heavy (non-hydrogen) atoms. The fourth-order valence-electron chi connectivity index (χ4n) is 0.760. The van der Waals surface area contributed by atoms with E-state index in [0.29, 0.717) is 0 Å². The van der Waals surface area contributed by atoms with Crippen LogP contribution in [0.25, 0.3) is 0 Å². The van der Waals surface area contributed by atoms with Gasteiger partial charge in [0.25, 0.3) is 0 Å². The molecule has 0 aliphatic carbocycles. The lowest BCUT2D eigenvalue weighted by Gasteiger charge is -1.99. The highest BCUT2D eigenvalue weighted by Gasteiger charge is 1.81. The molecule has 80 valence electrons. The van der Waals surface area contributed by atoms with Crippen LogP contribution in [0.5, 0.6) is 0 Å². The molecule has 0 radical (unpaired) electrons. The maximum Gasteiger partial charge on any atom is 0.206 e. The third-order valence-electron chi connectivity index (χ3n) is 1.15. The average Bonchev–Trinajstić information content (AvgIpc) is 2.03. The summed E-state index contributed by atoms with van der Waals surface area (Å²) >= 11 is 0. The number of anilines is 1. The summed E-state index contributed by atoms with van der Waals surface area (Å²) in [7, 11) is -3.17. The molecule has 0 aromatic heterocycles. The van der Waals surface area contributed by atoms with Gasteiger partial charge in [-0.3, -0.25) is 0 Å². The van der Waals surface area contributed by atoms with Gasteiger partial charge in [0, 0.05) is 12.2 Å². The van der Waals surface area contributed by atoms with Gasteiger partial charge in [0.1, 0.15) is 0 Å². The first kappa shape index (κ1) is 12.9. The summed E-state index contributed by atoms with van der Waals surface area (Å²) in [5.74, 6) is 0. The van der Waals surface area contributed by atoms with Crippen LogP contribution in [-0.4, -0.2) is 21.2 Å². The molecule has 0 saturated heterocycles. The van der Waals surface area contributed by atoms with E-state index in [1.165, 1.54) is 5.69 Å². The number of hydrogen-bond donors (Lipinski definition) is 2. The van der Waals surface area contributed by atoms with Crippen LogP contribution in [0.3, 0.4) is 0 Å². The van der Waals surface area contributed by atoms with Crippen LogP contribution in [0.4, 0.5) is 5.69 Å². The van der Waals surface area contributed by atoms with Crippen molar-refractivity contribution in [3.05, 3.63) is 30.3 Å². The van der Waals surface area contributed by atoms with Crippen LogP contribution >= 0.6 is 0 Å². The molecule has 4 nitrogen and oxygen atoms in total. The van der Waals surface area contributed by atoms with Crippen molar-refractivity contribution in [2.45, 2.75) is 6.92 Å². The fraction of sp³-hybridized carbons (Fsp3) is 0.333. The average molecular weight is 216 g/mol. The second kappa shape index (κ2) is 6.39. The lowest BCUT2D eigenvalue weighted by atomic mass is 10.3. The maximum absolute atomic E-state index is 9.41. The van der Waals surface area contributed by atoms with Gasteiger partial charge in [0.2, 0.25) is 10.0 Å². The topological polar surface area (TPSA) is 72.2 Å². The van der Waals surface area contributed by atoms with Crippen molar-refractivity contribution in [1.29, 1.82) is 0 Å². The summed E-state index contributed by atoms with van der Waals surface area (Å²) in [6, 6.07) is 10.2. The fourth-order valence-corrected chi connectivity index (χ4v) is 0.760. The van der Waals surface area contributed by atoms with E-state index in [1.54, 1.807) is 0 Å². The number of para-hydroxylation sites is 1. The van der Waals surface area contributed by atoms with E-state index in [9.17, 15) is 8.42 Å². The van der Waals surface area contributed by atoms with Crippen molar-refractivity contribution in [1.82, 2.24) is 0 Å². The van der Waals surface area contributed by atoms with Crippen LogP contribution < -0.4 is 10.5 Å². The van der Waals surface area contributed by atoms with Gasteiger partial charge in [-0.1, -0.05) is 18.2 Å². The van der Waals surface area contributed by atoms with Crippen molar-refractivity contribution < 1.29 is 8.42 Å². The zero-order valence-electron chi connectivity index (χ0n) is 8.40. The summed E-state index contributed by atoms with van der Waals surface area (Å²) < 4.78 is 18.8. The Kier molecular flexibility index (Phi) is 5.91. The number of sulfonamides is 1. The molecule has 1 aromatic rings. The minimum absolute atomic E-state index is 0.938. The van der Waals surface area contributed by atoms with Crippen LogP contribution in [0.15, 0.2) is 30.3 Å². The zero-order chi connectivity index (χ0) is 11.0. The molecule has 0 saturated carbocycles. The van der Waals surface area contributed by atoms with Gasteiger partial charge < -0.3 is 5.32 Å². The Morgan fingerprint density at radius 1 is 1.29 bits per heavy atom. The summed E-state index contributed by atoms with van der Waals surface area (Å²) in [5, 5.41) is 7.53. The molecule has 0 spiro atoms. The molecule has 0 atom stereocenters. The van der Waals surface area contributed by atoms with Crippen molar-refractivity contribution in [3.8, 4) is 0 Å². The number of nitrogens with one attached hydrogen (secondary N) is 1. The molecule has 0 amide bonds. The van der Waals surface area contributed by atoms with Crippen molar-refractivity contribution in [2.24, 2.45) is 5.14 Å². The smallest absolute Gasteiger partial charge is 0.206 e. The standard InChI is InChI=1S/C8H11N.CH5NO2S/c1-2-9-8-6-4-3-5-7-8;1-5(2,3)4/h3-7,9H,2H2,1H3;1H3,(H2,2,3,4). The molecule has 0 unspecified atom stereocenters. The van der Waals surface area contributed by atoms with E-state index >= 15 is 0 Å². The first-order valence-electron chi connectivity index (χ1n) is 4.20. The first-order valence-corrected chi connectivity index (χ1v) is 6.15. The molecular formula is C9H16N2O2S. The lowest BCUT2D eigenvalue weighted by molar-refractivity contribution is 0.603. The summed E-state index contributed by atoms with van der Waals surface area (Å²) in [6.45, 7) is 3.08. The van der Waals surface area contributed by atoms with E-state index in [4.69, 9.17) is 0 Å². The van der Waals surface area contributed by atoms with Gasteiger partial charge in [-0.05, 0) is 19.1 Å². The highest BCUT2D eigenvalue weighted by atomic mass is 32.2. The predicted molar refractivity (Wildman–Crippen MR) is 59.6 cm³/mol. The Morgan fingerprint density at radius 3 is 2.07 bits per heavy atom. The highest BCUT2D eigenvalue weighted by molar-refractivity contribution is 7.88. The van der Waals surface area contributed by atoms with Crippen LogP contribution in [0.2, 0.25) is 0 Å². The maximum atomic E-state index is 9.41. The molecular weight excluding hydrogens is 200 g/mol. The van der Waals surface area contributed by atoms with E-state index in [1.807, 2.05) is 18.2 Å². The monoisotopic (exact) mass is 216 g/mol. The molecule has 1 aromatic carbocycles. The van der Waals surface area contributed by atoms with Crippen molar-refractivity contribution >= 4 is 15.7 Å². The normalized spacial score (nSPS) is 9.93. The van der Waals surface area contributed by atoms with E-state index in [-0.39, 0.29) is 0 Å².